The number of nitriles is 1. The van der Waals surface area contributed by atoms with Crippen LogP contribution in [0.15, 0.2) is 52.9 Å². The van der Waals surface area contributed by atoms with Crippen molar-refractivity contribution in [1.29, 1.82) is 5.26 Å². The number of hydrogen-bond acceptors (Lipinski definition) is 6. The third-order valence-electron chi connectivity index (χ3n) is 7.11. The Bertz CT molecular complexity index is 1330. The molecule has 2 amide bonds. The molecule has 0 unspecified atom stereocenters. The SMILES string of the molecule is N#Cc1cc(NC(=O)C2(NC(=O)c3cc4ccccc4o3)CCCCC2)ccc1N1CCCC(=O)C1. The molecule has 1 aliphatic carbocycles. The van der Waals surface area contributed by atoms with Crippen LogP contribution in [-0.4, -0.2) is 36.2 Å². The summed E-state index contributed by atoms with van der Waals surface area (Å²) in [6, 6.07) is 16.4. The third-order valence-corrected chi connectivity index (χ3v) is 7.11. The quantitative estimate of drug-likeness (QED) is 0.549. The first kappa shape index (κ1) is 23.6. The Hall–Kier alpha value is -4.12. The number of amides is 2. The Morgan fingerprint density at radius 1 is 1.03 bits per heavy atom. The molecule has 2 aliphatic rings. The molecule has 36 heavy (non-hydrogen) atoms. The van der Waals surface area contributed by atoms with E-state index in [4.69, 9.17) is 4.42 Å². The van der Waals surface area contributed by atoms with E-state index in [1.807, 2.05) is 23.1 Å². The van der Waals surface area contributed by atoms with E-state index >= 15 is 0 Å². The van der Waals surface area contributed by atoms with Crippen LogP contribution < -0.4 is 15.5 Å². The number of carbonyl (C=O) groups is 3. The Balaban J connectivity index is 1.36. The number of piperidine rings is 1. The van der Waals surface area contributed by atoms with Crippen molar-refractivity contribution in [3.05, 3.63) is 59.9 Å². The first-order chi connectivity index (χ1) is 17.5. The molecule has 0 radical (unpaired) electrons. The fourth-order valence-corrected chi connectivity index (χ4v) is 5.21. The van der Waals surface area contributed by atoms with Gasteiger partial charge in [-0.1, -0.05) is 37.5 Å². The van der Waals surface area contributed by atoms with Crippen molar-refractivity contribution >= 4 is 39.9 Å². The minimum atomic E-state index is -1.07. The van der Waals surface area contributed by atoms with Gasteiger partial charge in [0, 0.05) is 24.0 Å². The fraction of sp³-hybridized carbons (Fsp3) is 0.357. The zero-order valence-corrected chi connectivity index (χ0v) is 20.0. The summed E-state index contributed by atoms with van der Waals surface area (Å²) in [7, 11) is 0. The lowest BCUT2D eigenvalue weighted by atomic mass is 9.80. The summed E-state index contributed by atoms with van der Waals surface area (Å²) >= 11 is 0. The van der Waals surface area contributed by atoms with Crippen LogP contribution in [-0.2, 0) is 9.59 Å². The van der Waals surface area contributed by atoms with Crippen LogP contribution in [0.1, 0.15) is 61.1 Å². The summed E-state index contributed by atoms with van der Waals surface area (Å²) in [6.45, 7) is 1.00. The van der Waals surface area contributed by atoms with Crippen molar-refractivity contribution in [1.82, 2.24) is 5.32 Å². The van der Waals surface area contributed by atoms with Gasteiger partial charge < -0.3 is 20.0 Å². The predicted octanol–water partition coefficient (Wildman–Crippen LogP) is 4.55. The van der Waals surface area contributed by atoms with Gasteiger partial charge in [0.25, 0.3) is 5.91 Å². The molecule has 0 bridgehead atoms. The van der Waals surface area contributed by atoms with Crippen molar-refractivity contribution in [2.75, 3.05) is 23.3 Å². The molecule has 1 aromatic heterocycles. The zero-order chi connectivity index (χ0) is 25.1. The van der Waals surface area contributed by atoms with Crippen LogP contribution in [0.2, 0.25) is 0 Å². The van der Waals surface area contributed by atoms with E-state index in [9.17, 15) is 19.6 Å². The maximum Gasteiger partial charge on any atom is 0.287 e. The summed E-state index contributed by atoms with van der Waals surface area (Å²) in [6.07, 6.45) is 4.99. The number of furan rings is 1. The van der Waals surface area contributed by atoms with Crippen LogP contribution in [0.3, 0.4) is 0 Å². The molecule has 0 spiro atoms. The molecule has 1 saturated carbocycles. The molecule has 1 saturated heterocycles. The predicted molar refractivity (Wildman–Crippen MR) is 136 cm³/mol. The van der Waals surface area contributed by atoms with Crippen molar-refractivity contribution < 1.29 is 18.8 Å². The minimum absolute atomic E-state index is 0.155. The number of ketones is 1. The third kappa shape index (κ3) is 4.69. The number of hydrogen-bond donors (Lipinski definition) is 2. The second-order valence-corrected chi connectivity index (χ2v) is 9.61. The largest absolute Gasteiger partial charge is 0.451 e. The van der Waals surface area contributed by atoms with Crippen LogP contribution in [0.5, 0.6) is 0 Å². The molecule has 8 nitrogen and oxygen atoms in total. The molecule has 3 aromatic rings. The number of para-hydroxylation sites is 1. The number of nitrogens with zero attached hydrogens (tertiary/aromatic N) is 2. The number of fused-ring (bicyclic) bond motifs is 1. The number of Topliss-reactive ketones (excluding diaryl/α,β-unsaturated/α-hetero) is 1. The number of anilines is 2. The minimum Gasteiger partial charge on any atom is -0.451 e. The normalized spacial score (nSPS) is 17.4. The lowest BCUT2D eigenvalue weighted by Gasteiger charge is -2.36. The average molecular weight is 485 g/mol. The van der Waals surface area contributed by atoms with Gasteiger partial charge in [-0.3, -0.25) is 14.4 Å². The van der Waals surface area contributed by atoms with Gasteiger partial charge >= 0.3 is 0 Å². The Kier molecular flexibility index (Phi) is 6.47. The molecule has 2 N–H and O–H groups in total. The molecular weight excluding hydrogens is 456 g/mol. The molecule has 0 atom stereocenters. The number of carbonyl (C=O) groups excluding carboxylic acids is 3. The van der Waals surface area contributed by atoms with Gasteiger partial charge in [0.05, 0.1) is 17.8 Å². The second kappa shape index (κ2) is 9.86. The highest BCUT2D eigenvalue weighted by atomic mass is 16.3. The van der Waals surface area contributed by atoms with Crippen LogP contribution in [0, 0.1) is 11.3 Å². The van der Waals surface area contributed by atoms with Gasteiger partial charge in [-0.25, -0.2) is 0 Å². The van der Waals surface area contributed by atoms with E-state index < -0.39 is 11.4 Å². The van der Waals surface area contributed by atoms with Gasteiger partial charge in [0.15, 0.2) is 11.5 Å². The zero-order valence-electron chi connectivity index (χ0n) is 20.0. The van der Waals surface area contributed by atoms with Gasteiger partial charge in [0.2, 0.25) is 5.91 Å². The van der Waals surface area contributed by atoms with Gasteiger partial charge in [-0.05, 0) is 49.6 Å². The van der Waals surface area contributed by atoms with E-state index in [2.05, 4.69) is 16.7 Å². The van der Waals surface area contributed by atoms with Crippen LogP contribution >= 0.6 is 0 Å². The summed E-state index contributed by atoms with van der Waals surface area (Å²) in [5, 5.41) is 16.5. The van der Waals surface area contributed by atoms with E-state index in [-0.39, 0.29) is 24.0 Å². The molecule has 5 rings (SSSR count). The molecular formula is C28H28N4O4. The van der Waals surface area contributed by atoms with Crippen molar-refractivity contribution in [2.45, 2.75) is 50.5 Å². The summed E-state index contributed by atoms with van der Waals surface area (Å²) in [4.78, 5) is 40.5. The molecule has 184 valence electrons. The molecule has 8 heteroatoms. The van der Waals surface area contributed by atoms with Crippen LogP contribution in [0.4, 0.5) is 11.4 Å². The maximum atomic E-state index is 13.6. The highest BCUT2D eigenvalue weighted by Crippen LogP contribution is 2.32. The van der Waals surface area contributed by atoms with E-state index in [0.29, 0.717) is 48.3 Å². The Morgan fingerprint density at radius 3 is 2.58 bits per heavy atom. The first-order valence-electron chi connectivity index (χ1n) is 12.4. The first-order valence-corrected chi connectivity index (χ1v) is 12.4. The summed E-state index contributed by atoms with van der Waals surface area (Å²) in [5.41, 5.74) is 1.11. The standard InChI is InChI=1S/C28H28N4O4/c29-17-20-15-21(10-11-23(20)32-14-6-8-22(33)18-32)30-27(35)28(12-4-1-5-13-28)31-26(34)25-16-19-7-2-3-9-24(19)36-25/h2-3,7,9-11,15-16H,1,4-6,8,12-14,18H2,(H,30,35)(H,31,34). The molecule has 2 heterocycles. The summed E-state index contributed by atoms with van der Waals surface area (Å²) < 4.78 is 5.71. The summed E-state index contributed by atoms with van der Waals surface area (Å²) in [5.74, 6) is -0.411. The Morgan fingerprint density at radius 2 is 1.83 bits per heavy atom. The highest BCUT2D eigenvalue weighted by molar-refractivity contribution is 6.04. The van der Waals surface area contributed by atoms with Crippen LogP contribution in [0.25, 0.3) is 11.0 Å². The molecule has 1 aliphatic heterocycles. The van der Waals surface area contributed by atoms with Gasteiger partial charge in [0.1, 0.15) is 17.2 Å². The topological polar surface area (TPSA) is 115 Å². The van der Waals surface area contributed by atoms with Crippen molar-refractivity contribution in [2.24, 2.45) is 0 Å². The average Bonchev–Trinajstić information content (AvgIpc) is 3.34. The maximum absolute atomic E-state index is 13.6. The highest BCUT2D eigenvalue weighted by Gasteiger charge is 2.41. The van der Waals surface area contributed by atoms with E-state index in [0.717, 1.165) is 31.1 Å². The fourth-order valence-electron chi connectivity index (χ4n) is 5.21. The number of nitrogens with one attached hydrogen (secondary N) is 2. The lowest BCUT2D eigenvalue weighted by molar-refractivity contribution is -0.123. The second-order valence-electron chi connectivity index (χ2n) is 9.61. The lowest BCUT2D eigenvalue weighted by Crippen LogP contribution is -2.57. The van der Waals surface area contributed by atoms with Crippen molar-refractivity contribution in [3.63, 3.8) is 0 Å². The van der Waals surface area contributed by atoms with Gasteiger partial charge in [-0.15, -0.1) is 0 Å². The smallest absolute Gasteiger partial charge is 0.287 e. The Labute approximate surface area is 209 Å². The van der Waals surface area contributed by atoms with Crippen molar-refractivity contribution in [3.8, 4) is 6.07 Å². The molecule has 2 aromatic carbocycles. The number of rotatable bonds is 5. The van der Waals surface area contributed by atoms with Gasteiger partial charge in [-0.2, -0.15) is 5.26 Å². The monoisotopic (exact) mass is 484 g/mol. The van der Waals surface area contributed by atoms with E-state index in [1.54, 1.807) is 30.3 Å². The molecule has 2 fully saturated rings. The van der Waals surface area contributed by atoms with E-state index in [1.165, 1.54) is 0 Å². The number of benzene rings is 2.